The van der Waals surface area contributed by atoms with Crippen molar-refractivity contribution in [3.8, 4) is 0 Å². The van der Waals surface area contributed by atoms with Crippen LogP contribution >= 0.6 is 23.4 Å². The van der Waals surface area contributed by atoms with Gasteiger partial charge in [0.05, 0.1) is 11.4 Å². The van der Waals surface area contributed by atoms with E-state index in [1.165, 1.54) is 16.2 Å². The van der Waals surface area contributed by atoms with Crippen LogP contribution in [0.5, 0.6) is 0 Å². The third-order valence-electron chi connectivity index (χ3n) is 6.47. The molecule has 0 saturated carbocycles. The van der Waals surface area contributed by atoms with E-state index in [-0.39, 0.29) is 23.2 Å². The fourth-order valence-corrected chi connectivity index (χ4v) is 5.49. The maximum atomic E-state index is 13.0. The van der Waals surface area contributed by atoms with Gasteiger partial charge in [0, 0.05) is 23.3 Å². The van der Waals surface area contributed by atoms with Crippen molar-refractivity contribution >= 4 is 46.3 Å². The summed E-state index contributed by atoms with van der Waals surface area (Å²) in [5, 5.41) is 0.290. The predicted octanol–water partition coefficient (Wildman–Crippen LogP) is 6.61. The zero-order valence-corrected chi connectivity index (χ0v) is 20.1. The van der Waals surface area contributed by atoms with Gasteiger partial charge in [-0.2, -0.15) is 0 Å². The summed E-state index contributed by atoms with van der Waals surface area (Å²) < 4.78 is 0. The Bertz CT molecular complexity index is 1110. The average Bonchev–Trinajstić information content (AvgIpc) is 2.96. The lowest BCUT2D eigenvalue weighted by Gasteiger charge is -2.45. The third-order valence-corrected chi connectivity index (χ3v) is 7.74. The zero-order chi connectivity index (χ0) is 22.5. The van der Waals surface area contributed by atoms with Crippen molar-refractivity contribution in [1.29, 1.82) is 0 Å². The molecule has 0 aliphatic carbocycles. The molecule has 1 saturated heterocycles. The average molecular weight is 455 g/mol. The van der Waals surface area contributed by atoms with Crippen molar-refractivity contribution in [3.63, 3.8) is 0 Å². The van der Waals surface area contributed by atoms with Crippen molar-refractivity contribution in [1.82, 2.24) is 4.90 Å². The Morgan fingerprint density at radius 3 is 2.65 bits per heavy atom. The second kappa shape index (κ2) is 8.03. The summed E-state index contributed by atoms with van der Waals surface area (Å²) in [7, 11) is 2.14. The highest BCUT2D eigenvalue weighted by molar-refractivity contribution is 8.18. The highest BCUT2D eigenvalue weighted by Crippen LogP contribution is 2.44. The first-order valence-electron chi connectivity index (χ1n) is 10.5. The molecular formula is C25H27ClN2O2S. The van der Waals surface area contributed by atoms with Crippen molar-refractivity contribution in [3.05, 3.63) is 68.6 Å². The van der Waals surface area contributed by atoms with E-state index in [1.54, 1.807) is 6.07 Å². The fourth-order valence-electron chi connectivity index (χ4n) is 4.46. The smallest absolute Gasteiger partial charge is 0.293 e. The van der Waals surface area contributed by atoms with Crippen LogP contribution in [-0.2, 0) is 11.3 Å². The van der Waals surface area contributed by atoms with Gasteiger partial charge >= 0.3 is 0 Å². The molecule has 6 heteroatoms. The lowest BCUT2D eigenvalue weighted by molar-refractivity contribution is -0.123. The molecule has 2 aromatic rings. The minimum atomic E-state index is -0.265. The maximum absolute atomic E-state index is 13.0. The van der Waals surface area contributed by atoms with E-state index in [2.05, 4.69) is 51.8 Å². The highest BCUT2D eigenvalue weighted by Gasteiger charge is 2.37. The van der Waals surface area contributed by atoms with Gasteiger partial charge in [0.1, 0.15) is 0 Å². The number of nitrogens with zero attached hydrogens (tertiary/aromatic N) is 2. The molecule has 162 valence electrons. The van der Waals surface area contributed by atoms with Gasteiger partial charge in [-0.3, -0.25) is 14.5 Å². The van der Waals surface area contributed by atoms with E-state index in [1.807, 2.05) is 24.3 Å². The van der Waals surface area contributed by atoms with Crippen LogP contribution in [-0.4, -0.2) is 28.6 Å². The summed E-state index contributed by atoms with van der Waals surface area (Å²) in [6.45, 7) is 9.03. The topological polar surface area (TPSA) is 40.6 Å². The molecule has 0 radical (unpaired) electrons. The van der Waals surface area contributed by atoms with Crippen LogP contribution in [0.1, 0.15) is 55.4 Å². The number of carbonyl (C=O) groups excluding carboxylic acids is 2. The lowest BCUT2D eigenvalue weighted by atomic mass is 9.79. The number of hydrogen-bond donors (Lipinski definition) is 0. The van der Waals surface area contributed by atoms with Crippen LogP contribution in [0.3, 0.4) is 0 Å². The van der Waals surface area contributed by atoms with Crippen molar-refractivity contribution in [2.75, 3.05) is 11.9 Å². The SMILES string of the molecule is Cc1cc2c(cc1/C=C1\SC(=O)N(Cc3ccccc3Cl)C1=O)C(C)CC(C)(C)N2C. The number of anilines is 1. The number of aryl methyl sites for hydroxylation is 1. The number of imide groups is 1. The zero-order valence-electron chi connectivity index (χ0n) is 18.5. The van der Waals surface area contributed by atoms with E-state index in [0.717, 1.165) is 34.9 Å². The Morgan fingerprint density at radius 1 is 1.23 bits per heavy atom. The molecule has 1 fully saturated rings. The lowest BCUT2D eigenvalue weighted by Crippen LogP contribution is -2.45. The molecule has 0 spiro atoms. The molecule has 2 heterocycles. The molecule has 31 heavy (non-hydrogen) atoms. The Kier molecular flexibility index (Phi) is 5.69. The molecule has 2 aliphatic heterocycles. The van der Waals surface area contributed by atoms with Crippen LogP contribution in [0.25, 0.3) is 6.08 Å². The molecule has 0 N–H and O–H groups in total. The van der Waals surface area contributed by atoms with Crippen LogP contribution in [0.4, 0.5) is 10.5 Å². The Hall–Kier alpha value is -2.24. The third kappa shape index (κ3) is 4.01. The molecule has 4 nitrogen and oxygen atoms in total. The first-order valence-corrected chi connectivity index (χ1v) is 11.6. The van der Waals surface area contributed by atoms with E-state index in [9.17, 15) is 9.59 Å². The first kappa shape index (κ1) is 22.0. The van der Waals surface area contributed by atoms with Crippen LogP contribution in [0, 0.1) is 6.92 Å². The number of amides is 2. The predicted molar refractivity (Wildman–Crippen MR) is 130 cm³/mol. The highest BCUT2D eigenvalue weighted by atomic mass is 35.5. The minimum Gasteiger partial charge on any atom is -0.369 e. The quantitative estimate of drug-likeness (QED) is 0.489. The van der Waals surface area contributed by atoms with Gasteiger partial charge < -0.3 is 4.90 Å². The minimum absolute atomic E-state index is 0.0989. The Morgan fingerprint density at radius 2 is 1.94 bits per heavy atom. The van der Waals surface area contributed by atoms with Crippen molar-refractivity contribution < 1.29 is 9.59 Å². The molecule has 0 aromatic heterocycles. The summed E-state index contributed by atoms with van der Waals surface area (Å²) in [6, 6.07) is 11.7. The van der Waals surface area contributed by atoms with Gasteiger partial charge in [-0.15, -0.1) is 0 Å². The summed E-state index contributed by atoms with van der Waals surface area (Å²) in [4.78, 5) is 29.6. The monoisotopic (exact) mass is 454 g/mol. The van der Waals surface area contributed by atoms with Gasteiger partial charge in [0.15, 0.2) is 0 Å². The molecule has 0 bridgehead atoms. The molecule has 1 unspecified atom stereocenters. The maximum Gasteiger partial charge on any atom is 0.293 e. The number of halogens is 1. The summed E-state index contributed by atoms with van der Waals surface area (Å²) in [5.41, 5.74) is 5.47. The molecule has 1 atom stereocenters. The van der Waals surface area contributed by atoms with Crippen LogP contribution in [0.2, 0.25) is 5.02 Å². The summed E-state index contributed by atoms with van der Waals surface area (Å²) in [6.07, 6.45) is 2.92. The molecule has 2 amide bonds. The van der Waals surface area contributed by atoms with Gasteiger partial charge in [-0.1, -0.05) is 36.7 Å². The number of benzene rings is 2. The van der Waals surface area contributed by atoms with E-state index < -0.39 is 0 Å². The standard InChI is InChI=1S/C25H27ClN2O2S/c1-15-10-21-19(16(2)13-25(3,4)27(21)5)11-18(15)12-22-23(29)28(24(30)31-22)14-17-8-6-7-9-20(17)26/h6-12,16H,13-14H2,1-5H3/b22-12-. The second-order valence-electron chi connectivity index (χ2n) is 9.10. The van der Waals surface area contributed by atoms with Crippen LogP contribution < -0.4 is 4.90 Å². The number of carbonyl (C=O) groups is 2. The van der Waals surface area contributed by atoms with Gasteiger partial charge in [0.2, 0.25) is 0 Å². The Balaban J connectivity index is 1.65. The van der Waals surface area contributed by atoms with Gasteiger partial charge in [-0.25, -0.2) is 0 Å². The summed E-state index contributed by atoms with van der Waals surface area (Å²) in [5.74, 6) is 0.155. The van der Waals surface area contributed by atoms with E-state index >= 15 is 0 Å². The second-order valence-corrected chi connectivity index (χ2v) is 10.5. The molecule has 2 aromatic carbocycles. The van der Waals surface area contributed by atoms with Crippen molar-refractivity contribution in [2.45, 2.75) is 52.1 Å². The number of hydrogen-bond acceptors (Lipinski definition) is 4. The van der Waals surface area contributed by atoms with Crippen molar-refractivity contribution in [2.24, 2.45) is 0 Å². The van der Waals surface area contributed by atoms with E-state index in [4.69, 9.17) is 11.6 Å². The first-order chi connectivity index (χ1) is 14.6. The number of fused-ring (bicyclic) bond motifs is 1. The summed E-state index contributed by atoms with van der Waals surface area (Å²) >= 11 is 7.22. The van der Waals surface area contributed by atoms with Gasteiger partial charge in [-0.05, 0) is 91.4 Å². The normalized spacial score (nSPS) is 21.7. The van der Waals surface area contributed by atoms with Crippen LogP contribution in [0.15, 0.2) is 41.3 Å². The number of rotatable bonds is 3. The molecular weight excluding hydrogens is 428 g/mol. The largest absolute Gasteiger partial charge is 0.369 e. The van der Waals surface area contributed by atoms with Gasteiger partial charge in [0.25, 0.3) is 11.1 Å². The molecule has 2 aliphatic rings. The van der Waals surface area contributed by atoms with E-state index in [0.29, 0.717) is 15.8 Å². The number of thioether (sulfide) groups is 1. The fraction of sp³-hybridized carbons (Fsp3) is 0.360. The molecule has 4 rings (SSSR count). The Labute approximate surface area is 193 Å².